The highest BCUT2D eigenvalue weighted by Gasteiger charge is 2.43. The van der Waals surface area contributed by atoms with Gasteiger partial charge in [0.05, 0.1) is 12.0 Å². The Kier molecular flexibility index (Phi) is 4.71. The van der Waals surface area contributed by atoms with Crippen molar-refractivity contribution in [2.45, 2.75) is 63.6 Å². The third-order valence-electron chi connectivity index (χ3n) is 4.14. The third kappa shape index (κ3) is 4.09. The van der Waals surface area contributed by atoms with Crippen molar-refractivity contribution in [3.63, 3.8) is 0 Å². The van der Waals surface area contributed by atoms with Crippen molar-refractivity contribution in [1.82, 2.24) is 5.48 Å². The molecule has 6 heteroatoms. The lowest BCUT2D eigenvalue weighted by atomic mass is 9.81. The van der Waals surface area contributed by atoms with E-state index in [1.54, 1.807) is 0 Å². The minimum atomic E-state index is -4.19. The highest BCUT2D eigenvalue weighted by molar-refractivity contribution is 5.77. The Labute approximate surface area is 110 Å². The van der Waals surface area contributed by atoms with E-state index in [9.17, 15) is 18.0 Å². The summed E-state index contributed by atoms with van der Waals surface area (Å²) >= 11 is 0. The number of carbonyl (C=O) groups is 1. The molecule has 2 rings (SSSR count). The lowest BCUT2D eigenvalue weighted by molar-refractivity contribution is -0.187. The quantitative estimate of drug-likeness (QED) is 0.805. The Morgan fingerprint density at radius 3 is 2.37 bits per heavy atom. The molecule has 0 bridgehead atoms. The van der Waals surface area contributed by atoms with Crippen LogP contribution in [0.5, 0.6) is 0 Å². The van der Waals surface area contributed by atoms with Crippen molar-refractivity contribution in [2.24, 2.45) is 11.8 Å². The SMILES string of the molecule is O=C(NOC1CCCC1)C1CCCC(C(F)(F)F)C1. The summed E-state index contributed by atoms with van der Waals surface area (Å²) in [6.07, 6.45) is 0.835. The van der Waals surface area contributed by atoms with Crippen LogP contribution in [-0.2, 0) is 9.63 Å². The van der Waals surface area contributed by atoms with Gasteiger partial charge in [-0.25, -0.2) is 5.48 Å². The first-order chi connectivity index (χ1) is 8.97. The Balaban J connectivity index is 1.78. The van der Waals surface area contributed by atoms with Gasteiger partial charge in [0.15, 0.2) is 0 Å². The van der Waals surface area contributed by atoms with E-state index in [0.29, 0.717) is 12.8 Å². The van der Waals surface area contributed by atoms with Gasteiger partial charge in [0.1, 0.15) is 0 Å². The van der Waals surface area contributed by atoms with E-state index in [-0.39, 0.29) is 24.9 Å². The van der Waals surface area contributed by atoms with Crippen LogP contribution in [-0.4, -0.2) is 18.2 Å². The Morgan fingerprint density at radius 2 is 1.74 bits per heavy atom. The van der Waals surface area contributed by atoms with Crippen LogP contribution in [0.1, 0.15) is 51.4 Å². The van der Waals surface area contributed by atoms with Crippen molar-refractivity contribution in [3.8, 4) is 0 Å². The summed E-state index contributed by atoms with van der Waals surface area (Å²) in [5.74, 6) is -2.30. The zero-order valence-corrected chi connectivity index (χ0v) is 10.8. The lowest BCUT2D eigenvalue weighted by Crippen LogP contribution is -2.38. The molecule has 1 N–H and O–H groups in total. The highest BCUT2D eigenvalue weighted by atomic mass is 19.4. The number of alkyl halides is 3. The summed E-state index contributed by atoms with van der Waals surface area (Å²) in [5.41, 5.74) is 2.36. The molecule has 2 aliphatic carbocycles. The van der Waals surface area contributed by atoms with Crippen LogP contribution in [0.4, 0.5) is 13.2 Å². The molecule has 0 saturated heterocycles. The van der Waals surface area contributed by atoms with Gasteiger partial charge >= 0.3 is 6.18 Å². The van der Waals surface area contributed by atoms with E-state index in [4.69, 9.17) is 4.84 Å². The van der Waals surface area contributed by atoms with Gasteiger partial charge in [0.25, 0.3) is 0 Å². The van der Waals surface area contributed by atoms with Crippen molar-refractivity contribution >= 4 is 5.91 Å². The number of halogens is 3. The first kappa shape index (κ1) is 14.6. The van der Waals surface area contributed by atoms with Crippen molar-refractivity contribution in [1.29, 1.82) is 0 Å². The summed E-state index contributed by atoms with van der Waals surface area (Å²) in [6, 6.07) is 0. The predicted molar refractivity (Wildman–Crippen MR) is 63.0 cm³/mol. The van der Waals surface area contributed by atoms with Gasteiger partial charge in [-0.05, 0) is 32.1 Å². The fourth-order valence-corrected chi connectivity index (χ4v) is 2.96. The number of nitrogens with one attached hydrogen (secondary N) is 1. The molecule has 2 unspecified atom stereocenters. The van der Waals surface area contributed by atoms with Crippen LogP contribution in [0.25, 0.3) is 0 Å². The monoisotopic (exact) mass is 279 g/mol. The van der Waals surface area contributed by atoms with Gasteiger partial charge in [-0.1, -0.05) is 19.3 Å². The molecule has 0 heterocycles. The molecule has 2 fully saturated rings. The van der Waals surface area contributed by atoms with Crippen molar-refractivity contribution in [3.05, 3.63) is 0 Å². The molecule has 2 saturated carbocycles. The second-order valence-electron chi connectivity index (χ2n) is 5.59. The average Bonchev–Trinajstić information content (AvgIpc) is 2.88. The normalized spacial score (nSPS) is 29.4. The van der Waals surface area contributed by atoms with E-state index in [2.05, 4.69) is 5.48 Å². The topological polar surface area (TPSA) is 38.3 Å². The van der Waals surface area contributed by atoms with E-state index < -0.39 is 18.0 Å². The van der Waals surface area contributed by atoms with Gasteiger partial charge < -0.3 is 0 Å². The number of hydrogen-bond donors (Lipinski definition) is 1. The van der Waals surface area contributed by atoms with Crippen molar-refractivity contribution in [2.75, 3.05) is 0 Å². The fraction of sp³-hybridized carbons (Fsp3) is 0.923. The molecule has 1 amide bonds. The minimum absolute atomic E-state index is 0.0333. The minimum Gasteiger partial charge on any atom is -0.272 e. The van der Waals surface area contributed by atoms with Crippen LogP contribution in [0.15, 0.2) is 0 Å². The van der Waals surface area contributed by atoms with E-state index >= 15 is 0 Å². The van der Waals surface area contributed by atoms with Crippen molar-refractivity contribution < 1.29 is 22.8 Å². The van der Waals surface area contributed by atoms with Gasteiger partial charge in [-0.3, -0.25) is 9.63 Å². The van der Waals surface area contributed by atoms with E-state index in [0.717, 1.165) is 25.7 Å². The van der Waals surface area contributed by atoms with Gasteiger partial charge in [0.2, 0.25) is 5.91 Å². The van der Waals surface area contributed by atoms with Crippen LogP contribution < -0.4 is 5.48 Å². The largest absolute Gasteiger partial charge is 0.391 e. The molecule has 2 atom stereocenters. The standard InChI is InChI=1S/C13H20F3NO2/c14-13(15,16)10-5-3-4-9(8-10)12(18)17-19-11-6-1-2-7-11/h9-11H,1-8H2,(H,17,18). The number of hydrogen-bond acceptors (Lipinski definition) is 2. The Morgan fingerprint density at radius 1 is 1.05 bits per heavy atom. The maximum absolute atomic E-state index is 12.6. The molecule has 0 aromatic rings. The zero-order chi connectivity index (χ0) is 13.9. The molecular weight excluding hydrogens is 259 g/mol. The maximum atomic E-state index is 12.6. The Bertz CT molecular complexity index is 314. The van der Waals surface area contributed by atoms with Crippen LogP contribution in [0.3, 0.4) is 0 Å². The molecule has 3 nitrogen and oxygen atoms in total. The molecular formula is C13H20F3NO2. The molecule has 0 radical (unpaired) electrons. The molecule has 0 aliphatic heterocycles. The zero-order valence-electron chi connectivity index (χ0n) is 10.8. The predicted octanol–water partition coefficient (Wildman–Crippen LogP) is 3.35. The second kappa shape index (κ2) is 6.11. The molecule has 2 aliphatic rings. The molecule has 110 valence electrons. The van der Waals surface area contributed by atoms with Gasteiger partial charge in [-0.15, -0.1) is 0 Å². The summed E-state index contributed by atoms with van der Waals surface area (Å²) in [7, 11) is 0. The highest BCUT2D eigenvalue weighted by Crippen LogP contribution is 2.39. The summed E-state index contributed by atoms with van der Waals surface area (Å²) in [6.45, 7) is 0. The maximum Gasteiger partial charge on any atom is 0.391 e. The summed E-state index contributed by atoms with van der Waals surface area (Å²) in [4.78, 5) is 17.1. The fourth-order valence-electron chi connectivity index (χ4n) is 2.96. The van der Waals surface area contributed by atoms with Crippen LogP contribution >= 0.6 is 0 Å². The first-order valence-corrected chi connectivity index (χ1v) is 6.99. The molecule has 0 spiro atoms. The number of hydroxylamine groups is 1. The van der Waals surface area contributed by atoms with Gasteiger partial charge in [-0.2, -0.15) is 13.2 Å². The molecule has 0 aromatic heterocycles. The van der Waals surface area contributed by atoms with Gasteiger partial charge in [0, 0.05) is 5.92 Å². The second-order valence-corrected chi connectivity index (χ2v) is 5.59. The molecule has 0 aromatic carbocycles. The average molecular weight is 279 g/mol. The first-order valence-electron chi connectivity index (χ1n) is 6.99. The molecule has 19 heavy (non-hydrogen) atoms. The van der Waals surface area contributed by atoms with E-state index in [1.165, 1.54) is 0 Å². The number of carbonyl (C=O) groups excluding carboxylic acids is 1. The third-order valence-corrected chi connectivity index (χ3v) is 4.14. The smallest absolute Gasteiger partial charge is 0.272 e. The summed E-state index contributed by atoms with van der Waals surface area (Å²) < 4.78 is 37.9. The van der Waals surface area contributed by atoms with Crippen LogP contribution in [0, 0.1) is 11.8 Å². The lowest BCUT2D eigenvalue weighted by Gasteiger charge is -2.29. The summed E-state index contributed by atoms with van der Waals surface area (Å²) in [5, 5.41) is 0. The van der Waals surface area contributed by atoms with Crippen LogP contribution in [0.2, 0.25) is 0 Å². The number of amides is 1. The van der Waals surface area contributed by atoms with E-state index in [1.807, 2.05) is 0 Å². The Hall–Kier alpha value is -0.780. The number of rotatable bonds is 3.